The van der Waals surface area contributed by atoms with Crippen LogP contribution in [0.4, 0.5) is 11.4 Å². The van der Waals surface area contributed by atoms with Gasteiger partial charge in [0.05, 0.1) is 12.2 Å². The third kappa shape index (κ3) is 3.59. The smallest absolute Gasteiger partial charge is 0.338 e. The van der Waals surface area contributed by atoms with Crippen LogP contribution in [0.3, 0.4) is 0 Å². The van der Waals surface area contributed by atoms with Crippen molar-refractivity contribution in [3.8, 4) is 0 Å². The fourth-order valence-electron chi connectivity index (χ4n) is 3.01. The Morgan fingerprint density at radius 3 is 2.65 bits per heavy atom. The van der Waals surface area contributed by atoms with Gasteiger partial charge in [-0.05, 0) is 55.3 Å². The molecular formula is C20H20N2O4. The maximum absolute atomic E-state index is 12.5. The highest BCUT2D eigenvalue weighted by Gasteiger charge is 2.23. The second-order valence-electron chi connectivity index (χ2n) is 6.02. The van der Waals surface area contributed by atoms with E-state index in [0.717, 1.165) is 17.7 Å². The van der Waals surface area contributed by atoms with Crippen LogP contribution in [0.5, 0.6) is 0 Å². The van der Waals surface area contributed by atoms with Crippen molar-refractivity contribution in [2.24, 2.45) is 0 Å². The molecule has 0 fully saturated rings. The SMILES string of the molecule is CCOC(=O)c1cccc(NC(=O)c2ccc3c(c2)CCN3C(C)=O)c1. The lowest BCUT2D eigenvalue weighted by Crippen LogP contribution is -2.25. The molecule has 0 unspecified atom stereocenters. The summed E-state index contributed by atoms with van der Waals surface area (Å²) in [7, 11) is 0. The minimum absolute atomic E-state index is 0.00303. The van der Waals surface area contributed by atoms with Crippen molar-refractivity contribution < 1.29 is 19.1 Å². The number of nitrogens with one attached hydrogen (secondary N) is 1. The van der Waals surface area contributed by atoms with Gasteiger partial charge in [-0.1, -0.05) is 6.07 Å². The number of rotatable bonds is 4. The van der Waals surface area contributed by atoms with E-state index in [9.17, 15) is 14.4 Å². The number of fused-ring (bicyclic) bond motifs is 1. The van der Waals surface area contributed by atoms with Gasteiger partial charge < -0.3 is 15.0 Å². The van der Waals surface area contributed by atoms with Crippen molar-refractivity contribution in [1.82, 2.24) is 0 Å². The summed E-state index contributed by atoms with van der Waals surface area (Å²) in [5.74, 6) is -0.697. The first kappa shape index (κ1) is 17.7. The lowest BCUT2D eigenvalue weighted by molar-refractivity contribution is -0.116. The van der Waals surface area contributed by atoms with E-state index in [1.807, 2.05) is 6.07 Å². The van der Waals surface area contributed by atoms with Crippen molar-refractivity contribution in [2.45, 2.75) is 20.3 Å². The van der Waals surface area contributed by atoms with E-state index in [1.54, 1.807) is 48.2 Å². The topological polar surface area (TPSA) is 75.7 Å². The van der Waals surface area contributed by atoms with Crippen molar-refractivity contribution in [1.29, 1.82) is 0 Å². The number of carbonyl (C=O) groups is 3. The first-order chi connectivity index (χ1) is 12.5. The quantitative estimate of drug-likeness (QED) is 0.858. The van der Waals surface area contributed by atoms with Gasteiger partial charge in [-0.2, -0.15) is 0 Å². The molecule has 2 amide bonds. The molecule has 0 aromatic heterocycles. The van der Waals surface area contributed by atoms with E-state index in [4.69, 9.17) is 4.74 Å². The van der Waals surface area contributed by atoms with Gasteiger partial charge in [0.1, 0.15) is 0 Å². The van der Waals surface area contributed by atoms with Crippen LogP contribution in [0.1, 0.15) is 40.1 Å². The lowest BCUT2D eigenvalue weighted by atomic mass is 10.1. The van der Waals surface area contributed by atoms with Gasteiger partial charge in [-0.25, -0.2) is 4.79 Å². The van der Waals surface area contributed by atoms with Crippen LogP contribution in [-0.4, -0.2) is 30.9 Å². The van der Waals surface area contributed by atoms with E-state index < -0.39 is 5.97 Å². The average molecular weight is 352 g/mol. The van der Waals surface area contributed by atoms with E-state index in [1.165, 1.54) is 6.92 Å². The van der Waals surface area contributed by atoms with Crippen molar-refractivity contribution in [2.75, 3.05) is 23.4 Å². The molecule has 3 rings (SSSR count). The maximum atomic E-state index is 12.5. The highest BCUT2D eigenvalue weighted by molar-refractivity contribution is 6.05. The second-order valence-corrected chi connectivity index (χ2v) is 6.02. The highest BCUT2D eigenvalue weighted by Crippen LogP contribution is 2.29. The predicted octanol–water partition coefficient (Wildman–Crippen LogP) is 3.02. The van der Waals surface area contributed by atoms with E-state index in [2.05, 4.69) is 5.32 Å². The number of benzene rings is 2. The monoisotopic (exact) mass is 352 g/mol. The fraction of sp³-hybridized carbons (Fsp3) is 0.250. The summed E-state index contributed by atoms with van der Waals surface area (Å²) >= 11 is 0. The van der Waals surface area contributed by atoms with E-state index in [-0.39, 0.29) is 11.8 Å². The maximum Gasteiger partial charge on any atom is 0.338 e. The molecule has 2 aromatic rings. The molecular weight excluding hydrogens is 332 g/mol. The summed E-state index contributed by atoms with van der Waals surface area (Å²) in [6.45, 7) is 4.20. The number of hydrogen-bond acceptors (Lipinski definition) is 4. The molecule has 1 aliphatic heterocycles. The first-order valence-electron chi connectivity index (χ1n) is 8.49. The molecule has 1 aliphatic rings. The zero-order valence-electron chi connectivity index (χ0n) is 14.7. The second kappa shape index (κ2) is 7.39. The van der Waals surface area contributed by atoms with Gasteiger partial charge in [0.2, 0.25) is 5.91 Å². The Labute approximate surface area is 151 Å². The van der Waals surface area contributed by atoms with Gasteiger partial charge in [0.25, 0.3) is 5.91 Å². The Morgan fingerprint density at radius 1 is 1.12 bits per heavy atom. The van der Waals surface area contributed by atoms with Gasteiger partial charge in [-0.3, -0.25) is 9.59 Å². The number of amides is 2. The number of carbonyl (C=O) groups excluding carboxylic acids is 3. The molecule has 0 saturated heterocycles. The van der Waals surface area contributed by atoms with Crippen LogP contribution in [0.25, 0.3) is 0 Å². The highest BCUT2D eigenvalue weighted by atomic mass is 16.5. The Bertz CT molecular complexity index is 876. The Hall–Kier alpha value is -3.15. The van der Waals surface area contributed by atoms with Crippen LogP contribution >= 0.6 is 0 Å². The molecule has 2 aromatic carbocycles. The molecule has 0 spiro atoms. The Kier molecular flexibility index (Phi) is 5.02. The predicted molar refractivity (Wildman–Crippen MR) is 98.5 cm³/mol. The molecule has 134 valence electrons. The zero-order chi connectivity index (χ0) is 18.7. The summed E-state index contributed by atoms with van der Waals surface area (Å²) in [6.07, 6.45) is 0.731. The van der Waals surface area contributed by atoms with E-state index in [0.29, 0.717) is 30.0 Å². The Balaban J connectivity index is 1.76. The van der Waals surface area contributed by atoms with Gasteiger partial charge in [-0.15, -0.1) is 0 Å². The minimum Gasteiger partial charge on any atom is -0.462 e. The number of ether oxygens (including phenoxy) is 1. The number of esters is 1. The van der Waals surface area contributed by atoms with Crippen LogP contribution in [0.2, 0.25) is 0 Å². The van der Waals surface area contributed by atoms with Crippen molar-refractivity contribution >= 4 is 29.2 Å². The summed E-state index contributed by atoms with van der Waals surface area (Å²) in [4.78, 5) is 37.6. The molecule has 0 saturated carbocycles. The number of hydrogen-bond donors (Lipinski definition) is 1. The molecule has 1 N–H and O–H groups in total. The van der Waals surface area contributed by atoms with Gasteiger partial charge >= 0.3 is 5.97 Å². The Morgan fingerprint density at radius 2 is 1.92 bits per heavy atom. The molecule has 0 aliphatic carbocycles. The van der Waals surface area contributed by atoms with Crippen molar-refractivity contribution in [3.05, 3.63) is 59.2 Å². The summed E-state index contributed by atoms with van der Waals surface area (Å²) < 4.78 is 4.97. The molecule has 0 atom stereocenters. The average Bonchev–Trinajstić information content (AvgIpc) is 3.05. The fourth-order valence-corrected chi connectivity index (χ4v) is 3.01. The molecule has 0 radical (unpaired) electrons. The van der Waals surface area contributed by atoms with Crippen LogP contribution in [0, 0.1) is 0 Å². The summed E-state index contributed by atoms with van der Waals surface area (Å²) in [5, 5.41) is 2.79. The third-order valence-corrected chi connectivity index (χ3v) is 4.25. The van der Waals surface area contributed by atoms with Crippen LogP contribution < -0.4 is 10.2 Å². The first-order valence-corrected chi connectivity index (χ1v) is 8.49. The van der Waals surface area contributed by atoms with Gasteiger partial charge in [0, 0.05) is 30.4 Å². The molecule has 1 heterocycles. The normalized spacial score (nSPS) is 12.5. The summed E-state index contributed by atoms with van der Waals surface area (Å²) in [6, 6.07) is 11.9. The lowest BCUT2D eigenvalue weighted by Gasteiger charge is -2.14. The van der Waals surface area contributed by atoms with Crippen molar-refractivity contribution in [3.63, 3.8) is 0 Å². The molecule has 6 nitrogen and oxygen atoms in total. The summed E-state index contributed by atoms with van der Waals surface area (Å²) in [5.41, 5.74) is 3.25. The van der Waals surface area contributed by atoms with E-state index >= 15 is 0 Å². The third-order valence-electron chi connectivity index (χ3n) is 4.25. The molecule has 0 bridgehead atoms. The number of anilines is 2. The van der Waals surface area contributed by atoms with Crippen LogP contribution in [-0.2, 0) is 16.0 Å². The van der Waals surface area contributed by atoms with Crippen LogP contribution in [0.15, 0.2) is 42.5 Å². The number of nitrogens with zero attached hydrogens (tertiary/aromatic N) is 1. The largest absolute Gasteiger partial charge is 0.462 e. The molecule has 6 heteroatoms. The van der Waals surface area contributed by atoms with Gasteiger partial charge in [0.15, 0.2) is 0 Å². The molecule has 26 heavy (non-hydrogen) atoms. The zero-order valence-corrected chi connectivity index (χ0v) is 14.7. The minimum atomic E-state index is -0.426. The standard InChI is InChI=1S/C20H20N2O4/c1-3-26-20(25)16-5-4-6-17(12-16)21-19(24)15-7-8-18-14(11-15)9-10-22(18)13(2)23/h4-8,11-12H,3,9-10H2,1-2H3,(H,21,24).